The van der Waals surface area contributed by atoms with Crippen molar-refractivity contribution in [3.05, 3.63) is 69.7 Å². The molecule has 0 heterocycles. The van der Waals surface area contributed by atoms with Crippen LogP contribution in [0.5, 0.6) is 0 Å². The van der Waals surface area contributed by atoms with Crippen molar-refractivity contribution in [1.82, 2.24) is 10.2 Å². The molecule has 27 heavy (non-hydrogen) atoms. The van der Waals surface area contributed by atoms with E-state index in [1.54, 1.807) is 30.6 Å². The molecular weight excluding hydrogens is 424 g/mol. The van der Waals surface area contributed by atoms with Gasteiger partial charge in [-0.25, -0.2) is 0 Å². The lowest BCUT2D eigenvalue weighted by Crippen LogP contribution is -2.47. The molecule has 0 aliphatic carbocycles. The number of halogens is 1. The van der Waals surface area contributed by atoms with E-state index in [0.717, 1.165) is 15.8 Å². The first-order valence-corrected chi connectivity index (χ1v) is 10.7. The zero-order chi connectivity index (χ0) is 19.8. The van der Waals surface area contributed by atoms with Gasteiger partial charge >= 0.3 is 0 Å². The van der Waals surface area contributed by atoms with Gasteiger partial charge in [-0.05, 0) is 37.1 Å². The number of benzene rings is 2. The molecule has 6 heteroatoms. The number of hydrogen-bond donors (Lipinski definition) is 1. The van der Waals surface area contributed by atoms with E-state index in [1.165, 1.54) is 11.1 Å². The molecule has 0 spiro atoms. The van der Waals surface area contributed by atoms with Crippen LogP contribution >= 0.6 is 27.7 Å². The first-order valence-electron chi connectivity index (χ1n) is 8.79. The minimum absolute atomic E-state index is 0.0382. The summed E-state index contributed by atoms with van der Waals surface area (Å²) in [5.41, 5.74) is 3.40. The van der Waals surface area contributed by atoms with E-state index in [0.29, 0.717) is 12.3 Å². The van der Waals surface area contributed by atoms with Gasteiger partial charge in [0.25, 0.3) is 0 Å². The first-order chi connectivity index (χ1) is 12.9. The fraction of sp³-hybridized carbons (Fsp3) is 0.333. The molecule has 0 aliphatic rings. The Hall–Kier alpha value is -1.79. The van der Waals surface area contributed by atoms with Gasteiger partial charge in [-0.2, -0.15) is 0 Å². The van der Waals surface area contributed by atoms with Crippen LogP contribution in [0, 0.1) is 6.92 Å². The first kappa shape index (κ1) is 21.5. The molecule has 1 atom stereocenters. The molecule has 2 aromatic carbocycles. The van der Waals surface area contributed by atoms with Crippen LogP contribution in [0.4, 0.5) is 0 Å². The lowest BCUT2D eigenvalue weighted by Gasteiger charge is -2.28. The lowest BCUT2D eigenvalue weighted by molar-refractivity contribution is -0.138. The summed E-state index contributed by atoms with van der Waals surface area (Å²) in [5, 5.41) is 2.64. The quantitative estimate of drug-likeness (QED) is 0.659. The highest BCUT2D eigenvalue weighted by atomic mass is 79.9. The number of hydrogen-bond acceptors (Lipinski definition) is 3. The maximum absolute atomic E-state index is 12.9. The van der Waals surface area contributed by atoms with E-state index in [-0.39, 0.29) is 11.8 Å². The average Bonchev–Trinajstić information content (AvgIpc) is 2.65. The molecule has 2 amide bonds. The van der Waals surface area contributed by atoms with Crippen molar-refractivity contribution in [2.75, 3.05) is 12.8 Å². The predicted molar refractivity (Wildman–Crippen MR) is 116 cm³/mol. The van der Waals surface area contributed by atoms with Crippen molar-refractivity contribution in [2.45, 2.75) is 32.2 Å². The smallest absolute Gasteiger partial charge is 0.242 e. The van der Waals surface area contributed by atoms with Gasteiger partial charge in [-0.1, -0.05) is 57.9 Å². The summed E-state index contributed by atoms with van der Waals surface area (Å²) in [6.45, 7) is 4.22. The minimum Gasteiger partial charge on any atom is -0.357 e. The molecule has 0 bridgehead atoms. The molecule has 0 aliphatic heterocycles. The van der Waals surface area contributed by atoms with Gasteiger partial charge in [0.2, 0.25) is 11.8 Å². The Bertz CT molecular complexity index is 797. The number of amides is 2. The molecule has 4 nitrogen and oxygen atoms in total. The second kappa shape index (κ2) is 10.5. The third-order valence-electron chi connectivity index (χ3n) is 4.23. The van der Waals surface area contributed by atoms with E-state index in [2.05, 4.69) is 46.4 Å². The van der Waals surface area contributed by atoms with Crippen molar-refractivity contribution >= 4 is 39.5 Å². The summed E-state index contributed by atoms with van der Waals surface area (Å²) < 4.78 is 0.953. The zero-order valence-corrected chi connectivity index (χ0v) is 18.3. The highest BCUT2D eigenvalue weighted by Gasteiger charge is 2.25. The largest absolute Gasteiger partial charge is 0.357 e. The van der Waals surface area contributed by atoms with Crippen LogP contribution in [0.25, 0.3) is 0 Å². The molecule has 1 N–H and O–H groups in total. The van der Waals surface area contributed by atoms with E-state index in [4.69, 9.17) is 0 Å². The summed E-state index contributed by atoms with van der Waals surface area (Å²) in [6.07, 6.45) is 0. The number of thioether (sulfide) groups is 1. The van der Waals surface area contributed by atoms with Crippen molar-refractivity contribution in [1.29, 1.82) is 0 Å². The molecule has 2 aromatic rings. The van der Waals surface area contributed by atoms with E-state index >= 15 is 0 Å². The third kappa shape index (κ3) is 6.70. The number of carbonyl (C=O) groups is 2. The highest BCUT2D eigenvalue weighted by molar-refractivity contribution is 9.10. The standard InChI is InChI=1S/C21H25BrN2O2S/c1-15-6-4-8-18(10-15)13-27-14-20(25)24(16(2)21(26)23-3)12-17-7-5-9-19(22)11-17/h4-11,16H,12-14H2,1-3H3,(H,23,26). The Morgan fingerprint density at radius 3 is 2.52 bits per heavy atom. The lowest BCUT2D eigenvalue weighted by atomic mass is 10.1. The molecule has 144 valence electrons. The van der Waals surface area contributed by atoms with Crippen LogP contribution in [-0.4, -0.2) is 35.6 Å². The van der Waals surface area contributed by atoms with Crippen molar-refractivity contribution in [2.24, 2.45) is 0 Å². The van der Waals surface area contributed by atoms with Crippen LogP contribution in [-0.2, 0) is 21.9 Å². The van der Waals surface area contributed by atoms with Gasteiger partial charge in [-0.3, -0.25) is 9.59 Å². The fourth-order valence-electron chi connectivity index (χ4n) is 2.76. The van der Waals surface area contributed by atoms with Gasteiger partial charge < -0.3 is 10.2 Å². The SMILES string of the molecule is CNC(=O)C(C)N(Cc1cccc(Br)c1)C(=O)CSCc1cccc(C)c1. The monoisotopic (exact) mass is 448 g/mol. The number of carbonyl (C=O) groups excluding carboxylic acids is 2. The van der Waals surface area contributed by atoms with Gasteiger partial charge in [0.1, 0.15) is 6.04 Å². The van der Waals surface area contributed by atoms with E-state index < -0.39 is 6.04 Å². The maximum atomic E-state index is 12.9. The van der Waals surface area contributed by atoms with Gasteiger partial charge in [-0.15, -0.1) is 11.8 Å². The molecule has 1 unspecified atom stereocenters. The minimum atomic E-state index is -0.527. The number of aryl methyl sites for hydroxylation is 1. The number of rotatable bonds is 8. The van der Waals surface area contributed by atoms with E-state index in [9.17, 15) is 9.59 Å². The highest BCUT2D eigenvalue weighted by Crippen LogP contribution is 2.18. The third-order valence-corrected chi connectivity index (χ3v) is 5.71. The van der Waals surface area contributed by atoms with Crippen LogP contribution in [0.2, 0.25) is 0 Å². The molecule has 0 saturated heterocycles. The summed E-state index contributed by atoms with van der Waals surface area (Å²) in [5.74, 6) is 0.904. The summed E-state index contributed by atoms with van der Waals surface area (Å²) >= 11 is 5.03. The molecule has 0 saturated carbocycles. The normalized spacial score (nSPS) is 11.7. The Balaban J connectivity index is 2.04. The topological polar surface area (TPSA) is 49.4 Å². The fourth-order valence-corrected chi connectivity index (χ4v) is 4.07. The van der Waals surface area contributed by atoms with E-state index in [1.807, 2.05) is 30.3 Å². The Morgan fingerprint density at radius 1 is 1.15 bits per heavy atom. The van der Waals surface area contributed by atoms with Gasteiger partial charge in [0.15, 0.2) is 0 Å². The van der Waals surface area contributed by atoms with Crippen LogP contribution in [0.15, 0.2) is 53.0 Å². The summed E-state index contributed by atoms with van der Waals surface area (Å²) in [4.78, 5) is 26.6. The summed E-state index contributed by atoms with van der Waals surface area (Å²) in [6, 6.07) is 15.6. The van der Waals surface area contributed by atoms with Crippen LogP contribution in [0.1, 0.15) is 23.6 Å². The van der Waals surface area contributed by atoms with Gasteiger partial charge in [0, 0.05) is 23.8 Å². The number of likely N-dealkylation sites (N-methyl/N-ethyl adjacent to an activating group) is 1. The Kier molecular flexibility index (Phi) is 8.38. The van der Waals surface area contributed by atoms with Crippen LogP contribution < -0.4 is 5.32 Å². The second-order valence-corrected chi connectivity index (χ2v) is 8.32. The second-order valence-electron chi connectivity index (χ2n) is 6.42. The summed E-state index contributed by atoms with van der Waals surface area (Å²) in [7, 11) is 1.59. The molecule has 0 fully saturated rings. The van der Waals surface area contributed by atoms with Crippen LogP contribution in [0.3, 0.4) is 0 Å². The Labute approximate surface area is 173 Å². The van der Waals surface area contributed by atoms with Gasteiger partial charge in [0.05, 0.1) is 5.75 Å². The zero-order valence-electron chi connectivity index (χ0n) is 15.9. The molecule has 2 rings (SSSR count). The van der Waals surface area contributed by atoms with Crippen molar-refractivity contribution < 1.29 is 9.59 Å². The number of nitrogens with zero attached hydrogens (tertiary/aromatic N) is 1. The molecule has 0 radical (unpaired) electrons. The Morgan fingerprint density at radius 2 is 1.85 bits per heavy atom. The average molecular weight is 449 g/mol. The molecular formula is C21H25BrN2O2S. The maximum Gasteiger partial charge on any atom is 0.242 e. The molecule has 0 aromatic heterocycles. The van der Waals surface area contributed by atoms with Crippen molar-refractivity contribution in [3.8, 4) is 0 Å². The number of nitrogens with one attached hydrogen (secondary N) is 1. The van der Waals surface area contributed by atoms with Crippen molar-refractivity contribution in [3.63, 3.8) is 0 Å². The predicted octanol–water partition coefficient (Wildman–Crippen LogP) is 4.15.